The van der Waals surface area contributed by atoms with Crippen LogP contribution in [0.15, 0.2) is 46.0 Å². The standard InChI is InChI=1S/C15H11BrF2N2O/c1-9-5-6-10(7-12(9)16)15(21)20-19-8-11-3-2-4-13(17)14(11)18/h2-8H,1H3,(H,20,21)/b19-8+. The third-order valence-electron chi connectivity index (χ3n) is 2.79. The van der Waals surface area contributed by atoms with Crippen molar-refractivity contribution in [3.8, 4) is 0 Å². The van der Waals surface area contributed by atoms with Crippen molar-refractivity contribution in [2.75, 3.05) is 0 Å². The molecule has 2 aromatic rings. The van der Waals surface area contributed by atoms with Crippen LogP contribution in [0.1, 0.15) is 21.5 Å². The summed E-state index contributed by atoms with van der Waals surface area (Å²) in [7, 11) is 0. The maximum Gasteiger partial charge on any atom is 0.271 e. The number of hydrogen-bond acceptors (Lipinski definition) is 2. The summed E-state index contributed by atoms with van der Waals surface area (Å²) in [6, 6.07) is 8.82. The number of halogens is 3. The van der Waals surface area contributed by atoms with Crippen LogP contribution >= 0.6 is 15.9 Å². The zero-order valence-corrected chi connectivity index (χ0v) is 12.6. The molecule has 0 atom stereocenters. The molecule has 108 valence electrons. The van der Waals surface area contributed by atoms with E-state index in [1.165, 1.54) is 12.1 Å². The maximum atomic E-state index is 13.4. The third-order valence-corrected chi connectivity index (χ3v) is 3.64. The van der Waals surface area contributed by atoms with Crippen LogP contribution in [-0.2, 0) is 0 Å². The summed E-state index contributed by atoms with van der Waals surface area (Å²) < 4.78 is 27.1. The van der Waals surface area contributed by atoms with E-state index in [-0.39, 0.29) is 5.56 Å². The smallest absolute Gasteiger partial charge is 0.267 e. The van der Waals surface area contributed by atoms with E-state index in [1.807, 2.05) is 6.92 Å². The zero-order valence-electron chi connectivity index (χ0n) is 11.0. The Morgan fingerprint density at radius 1 is 1.29 bits per heavy atom. The lowest BCUT2D eigenvalue weighted by molar-refractivity contribution is 0.0955. The van der Waals surface area contributed by atoms with Crippen molar-refractivity contribution in [1.29, 1.82) is 0 Å². The molecule has 2 aromatic carbocycles. The first kappa shape index (κ1) is 15.3. The van der Waals surface area contributed by atoms with Crippen LogP contribution in [0.4, 0.5) is 8.78 Å². The van der Waals surface area contributed by atoms with E-state index in [4.69, 9.17) is 0 Å². The molecule has 0 heterocycles. The van der Waals surface area contributed by atoms with E-state index < -0.39 is 17.5 Å². The molecule has 1 N–H and O–H groups in total. The number of benzene rings is 2. The van der Waals surface area contributed by atoms with Gasteiger partial charge in [0.25, 0.3) is 5.91 Å². The number of aryl methyl sites for hydroxylation is 1. The molecule has 0 fully saturated rings. The summed E-state index contributed by atoms with van der Waals surface area (Å²) in [4.78, 5) is 11.8. The van der Waals surface area contributed by atoms with Gasteiger partial charge in [0.2, 0.25) is 0 Å². The largest absolute Gasteiger partial charge is 0.271 e. The predicted octanol–water partition coefficient (Wildman–Crippen LogP) is 3.80. The second-order valence-corrected chi connectivity index (χ2v) is 5.16. The van der Waals surface area contributed by atoms with Gasteiger partial charge in [0.1, 0.15) is 0 Å². The molecule has 0 aliphatic heterocycles. The first-order chi connectivity index (χ1) is 9.99. The van der Waals surface area contributed by atoms with Gasteiger partial charge in [0.05, 0.1) is 6.21 Å². The lowest BCUT2D eigenvalue weighted by Gasteiger charge is -2.03. The minimum absolute atomic E-state index is 0.0413. The summed E-state index contributed by atoms with van der Waals surface area (Å²) in [6.45, 7) is 1.90. The van der Waals surface area contributed by atoms with Crippen molar-refractivity contribution in [3.63, 3.8) is 0 Å². The summed E-state index contributed by atoms with van der Waals surface area (Å²) >= 11 is 3.33. The van der Waals surface area contributed by atoms with Crippen LogP contribution in [0.5, 0.6) is 0 Å². The lowest BCUT2D eigenvalue weighted by atomic mass is 10.1. The van der Waals surface area contributed by atoms with Crippen LogP contribution in [0.2, 0.25) is 0 Å². The molecule has 0 bridgehead atoms. The van der Waals surface area contributed by atoms with Gasteiger partial charge < -0.3 is 0 Å². The average Bonchev–Trinajstić information content (AvgIpc) is 2.46. The number of rotatable bonds is 3. The van der Waals surface area contributed by atoms with E-state index in [1.54, 1.807) is 18.2 Å². The number of hydrazone groups is 1. The highest BCUT2D eigenvalue weighted by atomic mass is 79.9. The third kappa shape index (κ3) is 3.72. The molecule has 0 unspecified atom stereocenters. The van der Waals surface area contributed by atoms with E-state index >= 15 is 0 Å². The van der Waals surface area contributed by atoms with Gasteiger partial charge in [-0.15, -0.1) is 0 Å². The van der Waals surface area contributed by atoms with Crippen molar-refractivity contribution in [2.45, 2.75) is 6.92 Å². The molecular formula is C15H11BrF2N2O. The average molecular weight is 353 g/mol. The van der Waals surface area contributed by atoms with Gasteiger partial charge in [0, 0.05) is 15.6 Å². The Balaban J connectivity index is 2.08. The molecule has 0 saturated heterocycles. The Morgan fingerprint density at radius 2 is 2.05 bits per heavy atom. The number of nitrogens with zero attached hydrogens (tertiary/aromatic N) is 1. The number of carbonyl (C=O) groups is 1. The summed E-state index contributed by atoms with van der Waals surface area (Å²) in [5.41, 5.74) is 3.62. The Hall–Kier alpha value is -2.08. The molecule has 0 aliphatic carbocycles. The van der Waals surface area contributed by atoms with E-state index in [0.29, 0.717) is 5.56 Å². The van der Waals surface area contributed by atoms with Crippen LogP contribution < -0.4 is 5.43 Å². The highest BCUT2D eigenvalue weighted by molar-refractivity contribution is 9.10. The highest BCUT2D eigenvalue weighted by Crippen LogP contribution is 2.17. The van der Waals surface area contributed by atoms with Gasteiger partial charge >= 0.3 is 0 Å². The molecule has 0 radical (unpaired) electrons. The number of nitrogens with one attached hydrogen (secondary N) is 1. The normalized spacial score (nSPS) is 10.9. The van der Waals surface area contributed by atoms with Crippen molar-refractivity contribution in [1.82, 2.24) is 5.43 Å². The van der Waals surface area contributed by atoms with Gasteiger partial charge in [-0.05, 0) is 30.7 Å². The number of amides is 1. The van der Waals surface area contributed by atoms with Gasteiger partial charge in [0.15, 0.2) is 11.6 Å². The number of carbonyl (C=O) groups excluding carboxylic acids is 1. The van der Waals surface area contributed by atoms with Crippen LogP contribution in [0, 0.1) is 18.6 Å². The molecule has 21 heavy (non-hydrogen) atoms. The van der Waals surface area contributed by atoms with Crippen molar-refractivity contribution >= 4 is 28.1 Å². The van der Waals surface area contributed by atoms with Gasteiger partial charge in [-0.1, -0.05) is 34.1 Å². The fraction of sp³-hybridized carbons (Fsp3) is 0.0667. The molecule has 6 heteroatoms. The van der Waals surface area contributed by atoms with Crippen molar-refractivity contribution in [3.05, 3.63) is 69.2 Å². The lowest BCUT2D eigenvalue weighted by Crippen LogP contribution is -2.17. The summed E-state index contributed by atoms with van der Waals surface area (Å²) in [6.07, 6.45) is 1.06. The molecule has 0 spiro atoms. The first-order valence-electron chi connectivity index (χ1n) is 6.02. The second kappa shape index (κ2) is 6.58. The predicted molar refractivity (Wildman–Crippen MR) is 80.3 cm³/mol. The van der Waals surface area contributed by atoms with E-state index in [2.05, 4.69) is 26.5 Å². The first-order valence-corrected chi connectivity index (χ1v) is 6.82. The Bertz CT molecular complexity index is 717. The minimum Gasteiger partial charge on any atom is -0.267 e. The molecule has 1 amide bonds. The van der Waals surface area contributed by atoms with E-state index in [0.717, 1.165) is 22.3 Å². The van der Waals surface area contributed by atoms with Gasteiger partial charge in [-0.2, -0.15) is 5.10 Å². The second-order valence-electron chi connectivity index (χ2n) is 4.31. The summed E-state index contributed by atoms with van der Waals surface area (Å²) in [5.74, 6) is -2.41. The monoisotopic (exact) mass is 352 g/mol. The number of hydrogen-bond donors (Lipinski definition) is 1. The topological polar surface area (TPSA) is 41.5 Å². The maximum absolute atomic E-state index is 13.4. The summed E-state index contributed by atoms with van der Waals surface area (Å²) in [5, 5.41) is 3.63. The molecule has 0 aromatic heterocycles. The zero-order chi connectivity index (χ0) is 15.4. The molecule has 0 aliphatic rings. The van der Waals surface area contributed by atoms with Crippen LogP contribution in [-0.4, -0.2) is 12.1 Å². The Morgan fingerprint density at radius 3 is 2.76 bits per heavy atom. The minimum atomic E-state index is -1.01. The quantitative estimate of drug-likeness (QED) is 0.662. The fourth-order valence-corrected chi connectivity index (χ4v) is 1.96. The van der Waals surface area contributed by atoms with Crippen molar-refractivity contribution in [2.24, 2.45) is 5.10 Å². The van der Waals surface area contributed by atoms with Gasteiger partial charge in [-0.3, -0.25) is 4.79 Å². The molecular weight excluding hydrogens is 342 g/mol. The Kier molecular flexibility index (Phi) is 4.80. The van der Waals surface area contributed by atoms with Crippen molar-refractivity contribution < 1.29 is 13.6 Å². The molecule has 3 nitrogen and oxygen atoms in total. The fourth-order valence-electron chi connectivity index (χ4n) is 1.58. The van der Waals surface area contributed by atoms with E-state index in [9.17, 15) is 13.6 Å². The SMILES string of the molecule is Cc1ccc(C(=O)N/N=C/c2cccc(F)c2F)cc1Br. The molecule has 0 saturated carbocycles. The van der Waals surface area contributed by atoms with Crippen LogP contribution in [0.3, 0.4) is 0 Å². The van der Waals surface area contributed by atoms with Crippen LogP contribution in [0.25, 0.3) is 0 Å². The molecule has 2 rings (SSSR count). The highest BCUT2D eigenvalue weighted by Gasteiger charge is 2.07. The van der Waals surface area contributed by atoms with Gasteiger partial charge in [-0.25, -0.2) is 14.2 Å². The Labute approximate surface area is 128 Å².